The van der Waals surface area contributed by atoms with Crippen molar-refractivity contribution in [3.05, 3.63) is 35.9 Å². The Kier molecular flexibility index (Phi) is 2.16. The van der Waals surface area contributed by atoms with Crippen LogP contribution in [0.4, 0.5) is 0 Å². The highest BCUT2D eigenvalue weighted by Gasteiger charge is 2.32. The molecule has 1 atom stereocenters. The van der Waals surface area contributed by atoms with Gasteiger partial charge < -0.3 is 4.90 Å². The highest BCUT2D eigenvalue weighted by Crippen LogP contribution is 2.30. The molecule has 0 aromatic heterocycles. The summed E-state index contributed by atoms with van der Waals surface area (Å²) in [5.74, 6) is 0. The van der Waals surface area contributed by atoms with E-state index in [9.17, 15) is 0 Å². The van der Waals surface area contributed by atoms with Crippen LogP contribution in [0, 0.1) is 0 Å². The smallest absolute Gasteiger partial charge is 0.0828 e. The van der Waals surface area contributed by atoms with Crippen molar-refractivity contribution < 1.29 is 0 Å². The lowest BCUT2D eigenvalue weighted by molar-refractivity contribution is 0.404. The quantitative estimate of drug-likeness (QED) is 0.577. The maximum absolute atomic E-state index is 6.33. The van der Waals surface area contributed by atoms with Crippen molar-refractivity contribution >= 4 is 7.85 Å². The summed E-state index contributed by atoms with van der Waals surface area (Å²) in [6, 6.07) is 10.4. The van der Waals surface area contributed by atoms with Crippen molar-refractivity contribution in [2.75, 3.05) is 20.1 Å². The molecule has 0 saturated carbocycles. The average Bonchev–Trinajstić information content (AvgIpc) is 2.49. The molecule has 13 heavy (non-hydrogen) atoms. The van der Waals surface area contributed by atoms with Gasteiger partial charge in [0.05, 0.1) is 7.85 Å². The topological polar surface area (TPSA) is 3.24 Å². The summed E-state index contributed by atoms with van der Waals surface area (Å²) in [6.45, 7) is 2.07. The minimum absolute atomic E-state index is 0.115. The second-order valence-electron chi connectivity index (χ2n) is 4.01. The first-order valence-corrected chi connectivity index (χ1v) is 4.74. The van der Waals surface area contributed by atoms with Gasteiger partial charge >= 0.3 is 0 Å². The molecule has 1 heterocycles. The van der Waals surface area contributed by atoms with Crippen LogP contribution in [0.3, 0.4) is 0 Å². The fraction of sp³-hybridized carbons (Fsp3) is 0.455. The van der Waals surface area contributed by atoms with E-state index in [-0.39, 0.29) is 5.31 Å². The van der Waals surface area contributed by atoms with Crippen molar-refractivity contribution in [3.63, 3.8) is 0 Å². The minimum atomic E-state index is -0.115. The molecule has 2 rings (SSSR count). The lowest BCUT2D eigenvalue weighted by Gasteiger charge is -2.24. The molecule has 1 aromatic carbocycles. The Morgan fingerprint density at radius 3 is 2.54 bits per heavy atom. The number of hydrogen-bond donors (Lipinski definition) is 0. The van der Waals surface area contributed by atoms with Crippen LogP contribution in [-0.2, 0) is 5.31 Å². The first-order chi connectivity index (χ1) is 6.21. The van der Waals surface area contributed by atoms with Crippen LogP contribution >= 0.6 is 0 Å². The maximum atomic E-state index is 6.33. The molecule has 0 bridgehead atoms. The van der Waals surface area contributed by atoms with Gasteiger partial charge in [0.2, 0.25) is 0 Å². The monoisotopic (exact) mass is 171 g/mol. The summed E-state index contributed by atoms with van der Waals surface area (Å²) < 4.78 is 0. The van der Waals surface area contributed by atoms with Gasteiger partial charge in [-0.2, -0.15) is 0 Å². The highest BCUT2D eigenvalue weighted by molar-refractivity contribution is 6.16. The number of benzene rings is 1. The molecular formula is C11H14BN. The number of hydrogen-bond acceptors (Lipinski definition) is 1. The van der Waals surface area contributed by atoms with Crippen LogP contribution in [0.15, 0.2) is 30.3 Å². The lowest BCUT2D eigenvalue weighted by Crippen LogP contribution is -2.29. The Hall–Kier alpha value is -0.755. The molecule has 1 aliphatic rings. The molecule has 0 aliphatic carbocycles. The van der Waals surface area contributed by atoms with E-state index in [1.807, 2.05) is 6.07 Å². The Morgan fingerprint density at radius 1 is 1.31 bits per heavy atom. The third kappa shape index (κ3) is 1.64. The molecular weight excluding hydrogens is 157 g/mol. The first-order valence-electron chi connectivity index (χ1n) is 4.74. The Bertz CT molecular complexity index is 285. The molecule has 1 aliphatic heterocycles. The second kappa shape index (κ2) is 3.19. The minimum Gasteiger partial charge on any atom is -0.306 e. The second-order valence-corrected chi connectivity index (χ2v) is 4.01. The zero-order valence-electron chi connectivity index (χ0n) is 8.03. The number of nitrogens with zero attached hydrogens (tertiary/aromatic N) is 1. The third-order valence-electron chi connectivity index (χ3n) is 2.84. The summed E-state index contributed by atoms with van der Waals surface area (Å²) in [6.07, 6.45) is 1.06. The van der Waals surface area contributed by atoms with Crippen LogP contribution in [0.25, 0.3) is 0 Å². The molecule has 66 valence electrons. The van der Waals surface area contributed by atoms with Gasteiger partial charge in [-0.1, -0.05) is 30.3 Å². The van der Waals surface area contributed by atoms with E-state index >= 15 is 0 Å². The van der Waals surface area contributed by atoms with Gasteiger partial charge in [0.25, 0.3) is 0 Å². The van der Waals surface area contributed by atoms with Gasteiger partial charge in [-0.25, -0.2) is 0 Å². The fourth-order valence-electron chi connectivity index (χ4n) is 2.04. The van der Waals surface area contributed by atoms with Crippen molar-refractivity contribution in [2.24, 2.45) is 0 Å². The van der Waals surface area contributed by atoms with Gasteiger partial charge in [0, 0.05) is 0 Å². The molecule has 0 spiro atoms. The summed E-state index contributed by atoms with van der Waals surface area (Å²) in [4.78, 5) is 2.28. The van der Waals surface area contributed by atoms with E-state index < -0.39 is 0 Å². The molecule has 2 radical (unpaired) electrons. The molecule has 2 heteroatoms. The largest absolute Gasteiger partial charge is 0.306 e. The Balaban J connectivity index is 2.26. The summed E-state index contributed by atoms with van der Waals surface area (Å²) >= 11 is 0. The first kappa shape index (κ1) is 8.83. The summed E-state index contributed by atoms with van der Waals surface area (Å²) in [5.41, 5.74) is 1.26. The van der Waals surface area contributed by atoms with Crippen molar-refractivity contribution in [1.29, 1.82) is 0 Å². The van der Waals surface area contributed by atoms with Gasteiger partial charge in [0.15, 0.2) is 0 Å². The Morgan fingerprint density at radius 2 is 2.00 bits per heavy atom. The number of likely N-dealkylation sites (N-methyl/N-ethyl adjacent to an activating group) is 1. The van der Waals surface area contributed by atoms with Crippen LogP contribution in [0.1, 0.15) is 12.0 Å². The van der Waals surface area contributed by atoms with Crippen molar-refractivity contribution in [3.8, 4) is 0 Å². The van der Waals surface area contributed by atoms with Crippen LogP contribution in [0.5, 0.6) is 0 Å². The van der Waals surface area contributed by atoms with Crippen molar-refractivity contribution in [1.82, 2.24) is 4.90 Å². The SMILES string of the molecule is [B]C1(c2ccccc2)CCN(C)C1. The van der Waals surface area contributed by atoms with Crippen molar-refractivity contribution in [2.45, 2.75) is 11.7 Å². The van der Waals surface area contributed by atoms with E-state index in [2.05, 4.69) is 36.2 Å². The number of rotatable bonds is 1. The third-order valence-corrected chi connectivity index (χ3v) is 2.84. The molecule has 1 saturated heterocycles. The molecule has 1 fully saturated rings. The molecule has 0 amide bonds. The predicted octanol–water partition coefficient (Wildman–Crippen LogP) is 1.39. The van der Waals surface area contributed by atoms with Gasteiger partial charge in [-0.3, -0.25) is 0 Å². The standard InChI is InChI=1S/C11H14BN/c1-13-8-7-11(12,9-13)10-5-3-2-4-6-10/h2-6H,7-9H2,1H3. The van der Waals surface area contributed by atoms with Crippen LogP contribution in [0.2, 0.25) is 0 Å². The normalized spacial score (nSPS) is 29.3. The zero-order valence-corrected chi connectivity index (χ0v) is 8.03. The van der Waals surface area contributed by atoms with E-state index in [0.717, 1.165) is 19.5 Å². The van der Waals surface area contributed by atoms with Crippen LogP contribution in [-0.4, -0.2) is 32.9 Å². The predicted molar refractivity (Wildman–Crippen MR) is 56.0 cm³/mol. The molecule has 1 nitrogen and oxygen atoms in total. The fourth-order valence-corrected chi connectivity index (χ4v) is 2.04. The van der Waals surface area contributed by atoms with Gasteiger partial charge in [0.1, 0.15) is 0 Å². The van der Waals surface area contributed by atoms with Gasteiger partial charge in [-0.05, 0) is 37.4 Å². The van der Waals surface area contributed by atoms with E-state index in [0.29, 0.717) is 0 Å². The van der Waals surface area contributed by atoms with E-state index in [4.69, 9.17) is 7.85 Å². The average molecular weight is 171 g/mol. The maximum Gasteiger partial charge on any atom is 0.0828 e. The van der Waals surface area contributed by atoms with E-state index in [1.165, 1.54) is 5.56 Å². The zero-order chi connectivity index (χ0) is 9.31. The molecule has 1 aromatic rings. The lowest BCUT2D eigenvalue weighted by atomic mass is 9.63. The van der Waals surface area contributed by atoms with E-state index in [1.54, 1.807) is 0 Å². The molecule has 1 unspecified atom stereocenters. The number of likely N-dealkylation sites (tertiary alicyclic amines) is 1. The Labute approximate surface area is 81.2 Å². The highest BCUT2D eigenvalue weighted by atomic mass is 15.1. The summed E-state index contributed by atoms with van der Waals surface area (Å²) in [5, 5.41) is -0.115. The summed E-state index contributed by atoms with van der Waals surface area (Å²) in [7, 11) is 8.45. The van der Waals surface area contributed by atoms with Gasteiger partial charge in [-0.15, -0.1) is 0 Å². The molecule has 0 N–H and O–H groups in total. The van der Waals surface area contributed by atoms with Crippen LogP contribution < -0.4 is 0 Å².